The zero-order valence-electron chi connectivity index (χ0n) is 11.5. The number of sulfonamides is 1. The first-order valence-corrected chi connectivity index (χ1v) is 8.40. The first-order chi connectivity index (χ1) is 8.94. The lowest BCUT2D eigenvalue weighted by atomic mass is 9.95. The van der Waals surface area contributed by atoms with Crippen molar-refractivity contribution >= 4 is 10.0 Å². The molecule has 2 rings (SSSR count). The molecule has 0 spiro atoms. The number of ether oxygens (including phenoxy) is 1. The summed E-state index contributed by atoms with van der Waals surface area (Å²) in [5.74, 6) is 0. The van der Waals surface area contributed by atoms with Crippen LogP contribution < -0.4 is 5.32 Å². The second-order valence-electron chi connectivity index (χ2n) is 5.59. The lowest BCUT2D eigenvalue weighted by molar-refractivity contribution is -0.0690. The number of rotatable bonds is 4. The van der Waals surface area contributed by atoms with Gasteiger partial charge in [0.2, 0.25) is 10.0 Å². The minimum atomic E-state index is -3.31. The molecular formula is C12H24N2O4S. The summed E-state index contributed by atoms with van der Waals surface area (Å²) >= 11 is 0. The van der Waals surface area contributed by atoms with Crippen LogP contribution >= 0.6 is 0 Å². The highest BCUT2D eigenvalue weighted by Crippen LogP contribution is 2.24. The topological polar surface area (TPSA) is 78.9 Å². The number of nitrogens with one attached hydrogen (secondary N) is 1. The van der Waals surface area contributed by atoms with Gasteiger partial charge in [-0.1, -0.05) is 0 Å². The molecule has 2 fully saturated rings. The SMILES string of the molecule is CN(CC1(O)CCOCC1)S(=O)(=O)C1CCNCC1. The highest BCUT2D eigenvalue weighted by Gasteiger charge is 2.37. The zero-order chi connectivity index (χ0) is 13.9. The van der Waals surface area contributed by atoms with Crippen LogP contribution in [0.25, 0.3) is 0 Å². The van der Waals surface area contributed by atoms with Gasteiger partial charge in [-0.05, 0) is 25.9 Å². The summed E-state index contributed by atoms with van der Waals surface area (Å²) in [6.07, 6.45) is 2.29. The quantitative estimate of drug-likeness (QED) is 0.733. The maximum atomic E-state index is 12.5. The van der Waals surface area contributed by atoms with Crippen LogP contribution in [0.2, 0.25) is 0 Å². The van der Waals surface area contributed by atoms with E-state index in [1.165, 1.54) is 4.31 Å². The van der Waals surface area contributed by atoms with Crippen molar-refractivity contribution in [2.45, 2.75) is 36.5 Å². The number of piperidine rings is 1. The van der Waals surface area contributed by atoms with E-state index in [-0.39, 0.29) is 11.8 Å². The van der Waals surface area contributed by atoms with Gasteiger partial charge in [0, 0.05) is 39.6 Å². The van der Waals surface area contributed by atoms with Crippen LogP contribution in [0.15, 0.2) is 0 Å². The monoisotopic (exact) mass is 292 g/mol. The van der Waals surface area contributed by atoms with E-state index in [2.05, 4.69) is 5.32 Å². The summed E-state index contributed by atoms with van der Waals surface area (Å²) in [5, 5.41) is 13.3. The third-order valence-electron chi connectivity index (χ3n) is 4.08. The van der Waals surface area contributed by atoms with E-state index < -0.39 is 15.6 Å². The number of hydrogen-bond acceptors (Lipinski definition) is 5. The molecule has 0 aliphatic carbocycles. The minimum Gasteiger partial charge on any atom is -0.388 e. The predicted molar refractivity (Wildman–Crippen MR) is 72.4 cm³/mol. The van der Waals surface area contributed by atoms with Crippen molar-refractivity contribution in [1.82, 2.24) is 9.62 Å². The van der Waals surface area contributed by atoms with Crippen LogP contribution in [0.5, 0.6) is 0 Å². The molecule has 0 aromatic rings. The van der Waals surface area contributed by atoms with Crippen molar-refractivity contribution in [1.29, 1.82) is 0 Å². The summed E-state index contributed by atoms with van der Waals surface area (Å²) in [7, 11) is -1.73. The normalized spacial score (nSPS) is 25.6. The average Bonchev–Trinajstić information content (AvgIpc) is 2.40. The highest BCUT2D eigenvalue weighted by molar-refractivity contribution is 7.89. The molecule has 2 aliphatic rings. The number of nitrogens with zero attached hydrogens (tertiary/aromatic N) is 1. The Morgan fingerprint density at radius 3 is 2.47 bits per heavy atom. The number of hydrogen-bond donors (Lipinski definition) is 2. The molecule has 6 nitrogen and oxygen atoms in total. The molecule has 2 aliphatic heterocycles. The maximum Gasteiger partial charge on any atom is 0.216 e. The summed E-state index contributed by atoms with van der Waals surface area (Å²) in [6.45, 7) is 2.66. The first kappa shape index (κ1) is 15.2. The van der Waals surface area contributed by atoms with E-state index in [1.54, 1.807) is 7.05 Å². The third kappa shape index (κ3) is 3.66. The molecule has 0 saturated carbocycles. The lowest BCUT2D eigenvalue weighted by Crippen LogP contribution is -2.50. The molecule has 7 heteroatoms. The summed E-state index contributed by atoms with van der Waals surface area (Å²) in [5.41, 5.74) is -0.938. The maximum absolute atomic E-state index is 12.5. The summed E-state index contributed by atoms with van der Waals surface area (Å²) in [4.78, 5) is 0. The Labute approximate surface area is 115 Å². The Bertz CT molecular complexity index is 387. The van der Waals surface area contributed by atoms with E-state index in [9.17, 15) is 13.5 Å². The van der Waals surface area contributed by atoms with Gasteiger partial charge < -0.3 is 15.2 Å². The van der Waals surface area contributed by atoms with Gasteiger partial charge in [-0.15, -0.1) is 0 Å². The van der Waals surface area contributed by atoms with E-state index in [0.717, 1.165) is 13.1 Å². The Morgan fingerprint density at radius 2 is 1.89 bits per heavy atom. The standard InChI is InChI=1S/C12H24N2O4S/c1-14(10-12(15)4-8-18-9-5-12)19(16,17)11-2-6-13-7-3-11/h11,13,15H,2-10H2,1H3. The van der Waals surface area contributed by atoms with Crippen LogP contribution in [0.1, 0.15) is 25.7 Å². The third-order valence-corrected chi connectivity index (χ3v) is 6.39. The fourth-order valence-electron chi connectivity index (χ4n) is 2.76. The average molecular weight is 292 g/mol. The van der Waals surface area contributed by atoms with Gasteiger partial charge in [-0.2, -0.15) is 0 Å². The zero-order valence-corrected chi connectivity index (χ0v) is 12.3. The Kier molecular flexibility index (Phi) is 4.84. The molecule has 0 amide bonds. The Hall–Kier alpha value is -0.210. The summed E-state index contributed by atoms with van der Waals surface area (Å²) in [6, 6.07) is 0. The number of likely N-dealkylation sites (N-methyl/N-ethyl adjacent to an activating group) is 1. The van der Waals surface area contributed by atoms with E-state index in [0.29, 0.717) is 38.9 Å². The second kappa shape index (κ2) is 6.05. The van der Waals surface area contributed by atoms with Crippen LogP contribution in [0, 0.1) is 0 Å². The van der Waals surface area contributed by atoms with Crippen molar-refractivity contribution in [2.75, 3.05) is 39.9 Å². The minimum absolute atomic E-state index is 0.169. The molecular weight excluding hydrogens is 268 g/mol. The highest BCUT2D eigenvalue weighted by atomic mass is 32.2. The molecule has 0 aromatic carbocycles. The van der Waals surface area contributed by atoms with Crippen molar-refractivity contribution < 1.29 is 18.3 Å². The Morgan fingerprint density at radius 1 is 1.32 bits per heavy atom. The van der Waals surface area contributed by atoms with Crippen molar-refractivity contribution in [3.05, 3.63) is 0 Å². The second-order valence-corrected chi connectivity index (χ2v) is 7.91. The van der Waals surface area contributed by atoms with Crippen LogP contribution in [0.4, 0.5) is 0 Å². The largest absolute Gasteiger partial charge is 0.388 e. The smallest absolute Gasteiger partial charge is 0.216 e. The van der Waals surface area contributed by atoms with E-state index in [4.69, 9.17) is 4.74 Å². The molecule has 2 heterocycles. The fourth-order valence-corrected chi connectivity index (χ4v) is 4.52. The van der Waals surface area contributed by atoms with Crippen molar-refractivity contribution in [3.8, 4) is 0 Å². The van der Waals surface area contributed by atoms with E-state index in [1.807, 2.05) is 0 Å². The van der Waals surface area contributed by atoms with Crippen LogP contribution in [-0.4, -0.2) is 68.6 Å². The van der Waals surface area contributed by atoms with E-state index >= 15 is 0 Å². The molecule has 2 saturated heterocycles. The van der Waals surface area contributed by atoms with Gasteiger partial charge in [0.1, 0.15) is 0 Å². The number of aliphatic hydroxyl groups is 1. The van der Waals surface area contributed by atoms with Gasteiger partial charge in [0.05, 0.1) is 10.9 Å². The predicted octanol–water partition coefficient (Wildman–Crippen LogP) is -0.458. The molecule has 0 aromatic heterocycles. The molecule has 112 valence electrons. The van der Waals surface area contributed by atoms with Gasteiger partial charge in [0.15, 0.2) is 0 Å². The summed E-state index contributed by atoms with van der Waals surface area (Å²) < 4.78 is 31.5. The van der Waals surface area contributed by atoms with Gasteiger partial charge in [-0.3, -0.25) is 0 Å². The Balaban J connectivity index is 1.99. The van der Waals surface area contributed by atoms with Crippen molar-refractivity contribution in [3.63, 3.8) is 0 Å². The molecule has 0 atom stereocenters. The lowest BCUT2D eigenvalue weighted by Gasteiger charge is -2.36. The van der Waals surface area contributed by atoms with Crippen molar-refractivity contribution in [2.24, 2.45) is 0 Å². The molecule has 2 N–H and O–H groups in total. The van der Waals surface area contributed by atoms with Gasteiger partial charge in [0.25, 0.3) is 0 Å². The molecule has 0 radical (unpaired) electrons. The molecule has 0 unspecified atom stereocenters. The van der Waals surface area contributed by atoms with Gasteiger partial charge >= 0.3 is 0 Å². The molecule has 19 heavy (non-hydrogen) atoms. The fraction of sp³-hybridized carbons (Fsp3) is 1.00. The van der Waals surface area contributed by atoms with Crippen LogP contribution in [0.3, 0.4) is 0 Å². The molecule has 0 bridgehead atoms. The first-order valence-electron chi connectivity index (χ1n) is 6.90. The van der Waals surface area contributed by atoms with Gasteiger partial charge in [-0.25, -0.2) is 12.7 Å². The van der Waals surface area contributed by atoms with Crippen LogP contribution in [-0.2, 0) is 14.8 Å².